The molecule has 0 bridgehead atoms. The van der Waals surface area contributed by atoms with Crippen molar-refractivity contribution in [3.05, 3.63) is 17.7 Å². The zero-order valence-corrected chi connectivity index (χ0v) is 15.0. The molecule has 1 aliphatic carbocycles. The summed E-state index contributed by atoms with van der Waals surface area (Å²) >= 11 is 0. The van der Waals surface area contributed by atoms with Crippen molar-refractivity contribution in [2.45, 2.75) is 57.5 Å². The SMILES string of the molecule is CC.[B]c1cc(C(CN(C)C)C2(O)CCCCC2)cc([B])c1O. The highest BCUT2D eigenvalue weighted by Crippen LogP contribution is 2.40. The van der Waals surface area contributed by atoms with Gasteiger partial charge in [-0.2, -0.15) is 0 Å². The summed E-state index contributed by atoms with van der Waals surface area (Å²) in [7, 11) is 15.7. The van der Waals surface area contributed by atoms with Gasteiger partial charge in [0.15, 0.2) is 0 Å². The fourth-order valence-electron chi connectivity index (χ4n) is 3.37. The van der Waals surface area contributed by atoms with E-state index in [-0.39, 0.29) is 22.6 Å². The molecular formula is C18H29B2NO2. The molecule has 0 amide bonds. The molecule has 1 aromatic carbocycles. The minimum absolute atomic E-state index is 0.0574. The Hall–Kier alpha value is -0.930. The number of phenolic OH excluding ortho intramolecular Hbond substituents is 1. The van der Waals surface area contributed by atoms with Crippen LogP contribution in [0.15, 0.2) is 12.1 Å². The third-order valence-corrected chi connectivity index (χ3v) is 4.51. The van der Waals surface area contributed by atoms with E-state index < -0.39 is 5.60 Å². The predicted molar refractivity (Wildman–Crippen MR) is 99.6 cm³/mol. The minimum Gasteiger partial charge on any atom is -0.509 e. The van der Waals surface area contributed by atoms with Crippen LogP contribution < -0.4 is 10.9 Å². The van der Waals surface area contributed by atoms with Crippen molar-refractivity contribution < 1.29 is 10.2 Å². The highest BCUT2D eigenvalue weighted by molar-refractivity contribution is 6.41. The topological polar surface area (TPSA) is 43.7 Å². The average molecular weight is 313 g/mol. The van der Waals surface area contributed by atoms with E-state index in [1.54, 1.807) is 12.1 Å². The van der Waals surface area contributed by atoms with Crippen molar-refractivity contribution in [3.8, 4) is 5.75 Å². The number of phenols is 1. The zero-order chi connectivity index (χ0) is 17.6. The van der Waals surface area contributed by atoms with Crippen molar-refractivity contribution in [1.29, 1.82) is 0 Å². The van der Waals surface area contributed by atoms with Gasteiger partial charge in [0.1, 0.15) is 21.4 Å². The van der Waals surface area contributed by atoms with Gasteiger partial charge >= 0.3 is 0 Å². The first-order valence-electron chi connectivity index (χ1n) is 8.58. The molecule has 1 fully saturated rings. The number of benzene rings is 1. The van der Waals surface area contributed by atoms with Crippen molar-refractivity contribution in [3.63, 3.8) is 0 Å². The second kappa shape index (κ2) is 8.79. The summed E-state index contributed by atoms with van der Waals surface area (Å²) in [4.78, 5) is 2.07. The molecule has 2 N–H and O–H groups in total. The van der Waals surface area contributed by atoms with E-state index in [1.165, 1.54) is 6.42 Å². The van der Waals surface area contributed by atoms with Gasteiger partial charge in [0.2, 0.25) is 0 Å². The van der Waals surface area contributed by atoms with E-state index >= 15 is 0 Å². The average Bonchev–Trinajstić information content (AvgIpc) is 2.52. The molecule has 0 spiro atoms. The summed E-state index contributed by atoms with van der Waals surface area (Å²) in [6.07, 6.45) is 4.86. The van der Waals surface area contributed by atoms with Gasteiger partial charge < -0.3 is 15.1 Å². The summed E-state index contributed by atoms with van der Waals surface area (Å²) < 4.78 is 0. The fraction of sp³-hybridized carbons (Fsp3) is 0.667. The maximum absolute atomic E-state index is 11.1. The molecule has 0 heterocycles. The number of hydrogen-bond acceptors (Lipinski definition) is 3. The standard InChI is InChI=1S/C16H23B2NO2.C2H6/c1-19(2)10-12(16(21)6-4-3-5-7-16)11-8-13(17)15(20)14(18)9-11;1-2/h8-9,12,20-21H,3-7,10H2,1-2H3;1-2H3. The van der Waals surface area contributed by atoms with Crippen LogP contribution in [0.5, 0.6) is 5.75 Å². The highest BCUT2D eigenvalue weighted by Gasteiger charge is 2.39. The molecule has 23 heavy (non-hydrogen) atoms. The number of hydrogen-bond donors (Lipinski definition) is 2. The summed E-state index contributed by atoms with van der Waals surface area (Å²) in [6, 6.07) is 3.48. The lowest BCUT2D eigenvalue weighted by molar-refractivity contribution is -0.0277. The third-order valence-electron chi connectivity index (χ3n) is 4.51. The Balaban J connectivity index is 0.00000127. The molecule has 0 aliphatic heterocycles. The molecule has 0 aromatic heterocycles. The molecule has 3 nitrogen and oxygen atoms in total. The normalized spacial score (nSPS) is 18.2. The maximum atomic E-state index is 11.1. The second-order valence-electron chi connectivity index (χ2n) is 6.53. The predicted octanol–water partition coefficient (Wildman–Crippen LogP) is 1.35. The Bertz CT molecular complexity index is 477. The van der Waals surface area contributed by atoms with Crippen molar-refractivity contribution in [2.24, 2.45) is 0 Å². The first kappa shape index (κ1) is 20.1. The van der Waals surface area contributed by atoms with Gasteiger partial charge in [-0.05, 0) is 32.5 Å². The quantitative estimate of drug-likeness (QED) is 0.825. The Kier molecular flexibility index (Phi) is 7.69. The van der Waals surface area contributed by atoms with Crippen LogP contribution in [0.25, 0.3) is 0 Å². The van der Waals surface area contributed by atoms with E-state index in [9.17, 15) is 10.2 Å². The van der Waals surface area contributed by atoms with Crippen LogP contribution in [0.2, 0.25) is 0 Å². The van der Waals surface area contributed by atoms with Crippen molar-refractivity contribution in [1.82, 2.24) is 4.90 Å². The van der Waals surface area contributed by atoms with Crippen LogP contribution in [0.1, 0.15) is 57.4 Å². The number of rotatable bonds is 4. The van der Waals surface area contributed by atoms with Gasteiger partial charge in [-0.25, -0.2) is 0 Å². The summed E-state index contributed by atoms with van der Waals surface area (Å²) in [5.41, 5.74) is 0.723. The van der Waals surface area contributed by atoms with Gasteiger partial charge in [0.25, 0.3) is 0 Å². The summed E-state index contributed by atoms with van der Waals surface area (Å²) in [6.45, 7) is 4.72. The Morgan fingerprint density at radius 2 is 1.57 bits per heavy atom. The first-order valence-corrected chi connectivity index (χ1v) is 8.58. The van der Waals surface area contributed by atoms with Crippen LogP contribution in [-0.2, 0) is 0 Å². The maximum Gasteiger partial charge on any atom is 0.118 e. The van der Waals surface area contributed by atoms with Crippen LogP contribution in [0.3, 0.4) is 0 Å². The number of likely N-dealkylation sites (N-methyl/N-ethyl adjacent to an activating group) is 1. The molecule has 4 radical (unpaired) electrons. The lowest BCUT2D eigenvalue weighted by Crippen LogP contribution is -2.43. The summed E-state index contributed by atoms with van der Waals surface area (Å²) in [5, 5.41) is 20.9. The van der Waals surface area contributed by atoms with Crippen molar-refractivity contribution >= 4 is 26.6 Å². The molecular weight excluding hydrogens is 284 g/mol. The second-order valence-corrected chi connectivity index (χ2v) is 6.53. The van der Waals surface area contributed by atoms with E-state index in [0.29, 0.717) is 0 Å². The van der Waals surface area contributed by atoms with Gasteiger partial charge in [0.05, 0.1) is 5.60 Å². The monoisotopic (exact) mass is 313 g/mol. The number of nitrogens with zero attached hydrogens (tertiary/aromatic N) is 1. The lowest BCUT2D eigenvalue weighted by atomic mass is 9.70. The van der Waals surface area contributed by atoms with Crippen LogP contribution in [-0.4, -0.2) is 57.0 Å². The molecule has 0 saturated heterocycles. The highest BCUT2D eigenvalue weighted by atomic mass is 16.3. The fourth-order valence-corrected chi connectivity index (χ4v) is 3.37. The Morgan fingerprint density at radius 3 is 2.00 bits per heavy atom. The molecule has 1 atom stereocenters. The molecule has 2 rings (SSSR count). The van der Waals surface area contributed by atoms with Crippen LogP contribution in [0.4, 0.5) is 0 Å². The van der Waals surface area contributed by atoms with E-state index in [4.69, 9.17) is 15.7 Å². The molecule has 5 heteroatoms. The van der Waals surface area contributed by atoms with Crippen molar-refractivity contribution in [2.75, 3.05) is 20.6 Å². The van der Waals surface area contributed by atoms with E-state index in [1.807, 2.05) is 27.9 Å². The smallest absolute Gasteiger partial charge is 0.118 e. The summed E-state index contributed by atoms with van der Waals surface area (Å²) in [5.74, 6) is -0.129. The van der Waals surface area contributed by atoms with Gasteiger partial charge in [0, 0.05) is 12.5 Å². The van der Waals surface area contributed by atoms with Gasteiger partial charge in [-0.15, -0.1) is 0 Å². The molecule has 1 aromatic rings. The molecule has 1 aliphatic rings. The Labute approximate surface area is 143 Å². The Morgan fingerprint density at radius 1 is 1.09 bits per heavy atom. The first-order chi connectivity index (χ1) is 10.8. The zero-order valence-electron chi connectivity index (χ0n) is 15.0. The van der Waals surface area contributed by atoms with E-state index in [2.05, 4.69) is 4.90 Å². The van der Waals surface area contributed by atoms with Gasteiger partial charge in [-0.3, -0.25) is 0 Å². The largest absolute Gasteiger partial charge is 0.509 e. The van der Waals surface area contributed by atoms with E-state index in [0.717, 1.165) is 37.8 Å². The minimum atomic E-state index is -0.724. The van der Waals surface area contributed by atoms with Crippen LogP contribution >= 0.6 is 0 Å². The lowest BCUT2D eigenvalue weighted by Gasteiger charge is -2.41. The van der Waals surface area contributed by atoms with Gasteiger partial charge in [-0.1, -0.05) is 56.2 Å². The number of aromatic hydroxyl groups is 1. The molecule has 1 unspecified atom stereocenters. The molecule has 1 saturated carbocycles. The third kappa shape index (κ3) is 5.02. The molecule has 124 valence electrons. The van der Waals surface area contributed by atoms with Crippen LogP contribution in [0, 0.1) is 0 Å². The number of aliphatic hydroxyl groups is 1.